The lowest BCUT2D eigenvalue weighted by molar-refractivity contribution is 0.250. The van der Waals surface area contributed by atoms with Crippen LogP contribution in [0, 0.1) is 6.92 Å². The Morgan fingerprint density at radius 2 is 2.00 bits per heavy atom. The predicted molar refractivity (Wildman–Crippen MR) is 87.2 cm³/mol. The summed E-state index contributed by atoms with van der Waals surface area (Å²) in [6.07, 6.45) is 0. The molecule has 0 spiro atoms. The molecule has 0 saturated heterocycles. The molecule has 0 unspecified atom stereocenters. The topological polar surface area (TPSA) is 41.6 Å². The van der Waals surface area contributed by atoms with E-state index in [0.29, 0.717) is 13.2 Å². The van der Waals surface area contributed by atoms with Crippen molar-refractivity contribution in [3.63, 3.8) is 0 Å². The molecule has 0 radical (unpaired) electrons. The number of urea groups is 1. The van der Waals surface area contributed by atoms with Crippen molar-refractivity contribution in [2.45, 2.75) is 6.92 Å². The number of fused-ring (bicyclic) bond motifs is 1. The molecule has 2 aromatic carbocycles. The van der Waals surface area contributed by atoms with Crippen molar-refractivity contribution in [1.82, 2.24) is 0 Å². The fourth-order valence-corrected chi connectivity index (χ4v) is 2.53. The molecule has 0 bridgehead atoms. The average molecular weight is 347 g/mol. The van der Waals surface area contributed by atoms with Crippen LogP contribution in [0.15, 0.2) is 46.9 Å². The van der Waals surface area contributed by atoms with Crippen molar-refractivity contribution in [3.05, 3.63) is 52.5 Å². The fraction of sp³-hybridized carbons (Fsp3) is 0.188. The average Bonchev–Trinajstić information content (AvgIpc) is 2.49. The first-order valence-corrected chi connectivity index (χ1v) is 7.50. The minimum absolute atomic E-state index is 0.146. The van der Waals surface area contributed by atoms with Crippen molar-refractivity contribution in [2.24, 2.45) is 0 Å². The highest BCUT2D eigenvalue weighted by atomic mass is 79.9. The number of nitrogens with one attached hydrogen (secondary N) is 1. The minimum atomic E-state index is -0.146. The van der Waals surface area contributed by atoms with E-state index >= 15 is 0 Å². The molecule has 0 atom stereocenters. The largest absolute Gasteiger partial charge is 0.490 e. The van der Waals surface area contributed by atoms with Crippen molar-refractivity contribution in [3.8, 4) is 5.75 Å². The van der Waals surface area contributed by atoms with E-state index in [1.165, 1.54) is 0 Å². The van der Waals surface area contributed by atoms with Gasteiger partial charge in [0, 0.05) is 10.2 Å². The normalized spacial score (nSPS) is 13.3. The summed E-state index contributed by atoms with van der Waals surface area (Å²) in [4.78, 5) is 14.2. The van der Waals surface area contributed by atoms with Gasteiger partial charge in [0.2, 0.25) is 0 Å². The highest BCUT2D eigenvalue weighted by Crippen LogP contribution is 2.32. The zero-order valence-corrected chi connectivity index (χ0v) is 13.2. The number of hydrogen-bond donors (Lipinski definition) is 1. The van der Waals surface area contributed by atoms with Gasteiger partial charge in [0.15, 0.2) is 0 Å². The lowest BCUT2D eigenvalue weighted by Gasteiger charge is -2.29. The molecule has 108 valence electrons. The minimum Gasteiger partial charge on any atom is -0.490 e. The van der Waals surface area contributed by atoms with E-state index in [9.17, 15) is 4.79 Å². The van der Waals surface area contributed by atoms with E-state index in [1.807, 2.05) is 49.4 Å². The predicted octanol–water partition coefficient (Wildman–Crippen LogP) is 4.19. The molecule has 0 aliphatic carbocycles. The standard InChI is InChI=1S/C16H15BrN2O2/c1-11-2-7-15-14(10-11)19(8-9-21-15)16(20)18-13-5-3-12(17)4-6-13/h2-7,10H,8-9H2,1H3,(H,18,20). The summed E-state index contributed by atoms with van der Waals surface area (Å²) in [6.45, 7) is 3.04. The highest BCUT2D eigenvalue weighted by Gasteiger charge is 2.23. The van der Waals surface area contributed by atoms with Crippen molar-refractivity contribution in [2.75, 3.05) is 23.4 Å². The number of halogens is 1. The Hall–Kier alpha value is -2.01. The van der Waals surface area contributed by atoms with Gasteiger partial charge in [-0.3, -0.25) is 4.90 Å². The summed E-state index contributed by atoms with van der Waals surface area (Å²) in [5.74, 6) is 0.748. The molecule has 21 heavy (non-hydrogen) atoms. The summed E-state index contributed by atoms with van der Waals surface area (Å²) in [5.41, 5.74) is 2.68. The second kappa shape index (κ2) is 5.77. The molecule has 2 amide bonds. The van der Waals surface area contributed by atoms with Crippen LogP contribution in [0.4, 0.5) is 16.2 Å². The van der Waals surface area contributed by atoms with E-state index in [0.717, 1.165) is 27.2 Å². The Kier molecular flexibility index (Phi) is 3.84. The zero-order valence-electron chi connectivity index (χ0n) is 11.6. The quantitative estimate of drug-likeness (QED) is 0.841. The van der Waals surface area contributed by atoms with E-state index in [-0.39, 0.29) is 6.03 Å². The summed E-state index contributed by atoms with van der Waals surface area (Å²) in [6, 6.07) is 13.2. The summed E-state index contributed by atoms with van der Waals surface area (Å²) >= 11 is 3.38. The van der Waals surface area contributed by atoms with Gasteiger partial charge in [-0.2, -0.15) is 0 Å². The van der Waals surface area contributed by atoms with Gasteiger partial charge in [-0.05, 0) is 48.9 Å². The maximum Gasteiger partial charge on any atom is 0.326 e. The van der Waals surface area contributed by atoms with Crippen molar-refractivity contribution >= 4 is 33.3 Å². The molecule has 3 rings (SSSR count). The van der Waals surface area contributed by atoms with Crippen LogP contribution >= 0.6 is 15.9 Å². The highest BCUT2D eigenvalue weighted by molar-refractivity contribution is 9.10. The van der Waals surface area contributed by atoms with Crippen LogP contribution in [0.25, 0.3) is 0 Å². The number of carbonyl (C=O) groups excluding carboxylic acids is 1. The van der Waals surface area contributed by atoms with Crippen LogP contribution in [0.3, 0.4) is 0 Å². The molecule has 4 nitrogen and oxygen atoms in total. The Morgan fingerprint density at radius 3 is 2.76 bits per heavy atom. The lowest BCUT2D eigenvalue weighted by Crippen LogP contribution is -2.40. The molecule has 1 heterocycles. The van der Waals surface area contributed by atoms with Crippen LogP contribution < -0.4 is 15.0 Å². The maximum atomic E-state index is 12.5. The smallest absolute Gasteiger partial charge is 0.326 e. The Balaban J connectivity index is 1.83. The summed E-state index contributed by atoms with van der Waals surface area (Å²) in [7, 11) is 0. The van der Waals surface area contributed by atoms with Gasteiger partial charge in [0.25, 0.3) is 0 Å². The van der Waals surface area contributed by atoms with Gasteiger partial charge in [0.1, 0.15) is 12.4 Å². The Bertz CT molecular complexity index is 670. The molecule has 0 aromatic heterocycles. The summed E-state index contributed by atoms with van der Waals surface area (Å²) < 4.78 is 6.58. The SMILES string of the molecule is Cc1ccc2c(c1)N(C(=O)Nc1ccc(Br)cc1)CCO2. The third-order valence-corrected chi connectivity index (χ3v) is 3.85. The van der Waals surface area contributed by atoms with Crippen LogP contribution in [0.5, 0.6) is 5.75 Å². The van der Waals surface area contributed by atoms with Crippen LogP contribution in [-0.4, -0.2) is 19.2 Å². The first-order valence-electron chi connectivity index (χ1n) is 6.71. The fourth-order valence-electron chi connectivity index (χ4n) is 2.26. The third-order valence-electron chi connectivity index (χ3n) is 3.32. The van der Waals surface area contributed by atoms with Crippen LogP contribution in [0.1, 0.15) is 5.56 Å². The first kappa shape index (κ1) is 13.9. The molecule has 1 aliphatic heterocycles. The molecule has 5 heteroatoms. The number of carbonyl (C=O) groups is 1. The number of benzene rings is 2. The van der Waals surface area contributed by atoms with Crippen LogP contribution in [-0.2, 0) is 0 Å². The van der Waals surface area contributed by atoms with Gasteiger partial charge in [-0.25, -0.2) is 4.79 Å². The molecule has 0 fully saturated rings. The van der Waals surface area contributed by atoms with Gasteiger partial charge in [-0.1, -0.05) is 22.0 Å². The third kappa shape index (κ3) is 3.03. The number of ether oxygens (including phenoxy) is 1. The van der Waals surface area contributed by atoms with E-state index in [2.05, 4.69) is 21.2 Å². The van der Waals surface area contributed by atoms with E-state index < -0.39 is 0 Å². The molecule has 1 aliphatic rings. The molecule has 0 saturated carbocycles. The molecule has 2 aromatic rings. The van der Waals surface area contributed by atoms with Crippen molar-refractivity contribution in [1.29, 1.82) is 0 Å². The monoisotopic (exact) mass is 346 g/mol. The van der Waals surface area contributed by atoms with Gasteiger partial charge in [0.05, 0.1) is 12.2 Å². The summed E-state index contributed by atoms with van der Waals surface area (Å²) in [5, 5.41) is 2.91. The first-order chi connectivity index (χ1) is 10.1. The Labute approximate surface area is 131 Å². The molecular formula is C16H15BrN2O2. The Morgan fingerprint density at radius 1 is 1.24 bits per heavy atom. The number of nitrogens with zero attached hydrogens (tertiary/aromatic N) is 1. The van der Waals surface area contributed by atoms with Gasteiger partial charge >= 0.3 is 6.03 Å². The number of anilines is 2. The number of aryl methyl sites for hydroxylation is 1. The maximum absolute atomic E-state index is 12.5. The number of rotatable bonds is 1. The van der Waals surface area contributed by atoms with E-state index in [4.69, 9.17) is 4.74 Å². The van der Waals surface area contributed by atoms with Gasteiger partial charge < -0.3 is 10.1 Å². The second-order valence-electron chi connectivity index (χ2n) is 4.91. The van der Waals surface area contributed by atoms with Gasteiger partial charge in [-0.15, -0.1) is 0 Å². The lowest BCUT2D eigenvalue weighted by atomic mass is 10.1. The number of hydrogen-bond acceptors (Lipinski definition) is 2. The van der Waals surface area contributed by atoms with E-state index in [1.54, 1.807) is 4.90 Å². The molecule has 1 N–H and O–H groups in total. The number of amides is 2. The van der Waals surface area contributed by atoms with Crippen molar-refractivity contribution < 1.29 is 9.53 Å². The zero-order chi connectivity index (χ0) is 14.8. The second-order valence-corrected chi connectivity index (χ2v) is 5.82. The molecular weight excluding hydrogens is 332 g/mol. The van der Waals surface area contributed by atoms with Crippen LogP contribution in [0.2, 0.25) is 0 Å².